The molecule has 1 N–H and O–H groups in total. The van der Waals surface area contributed by atoms with Crippen LogP contribution in [0.4, 0.5) is 11.4 Å². The van der Waals surface area contributed by atoms with Gasteiger partial charge in [-0.1, -0.05) is 36.4 Å². The average molecular weight is 467 g/mol. The summed E-state index contributed by atoms with van der Waals surface area (Å²) in [6.45, 7) is 1.60. The highest BCUT2D eigenvalue weighted by atomic mass is 16.5. The molecule has 35 heavy (non-hydrogen) atoms. The van der Waals surface area contributed by atoms with E-state index in [9.17, 15) is 9.59 Å². The van der Waals surface area contributed by atoms with E-state index in [0.717, 1.165) is 25.9 Å². The van der Waals surface area contributed by atoms with E-state index >= 15 is 0 Å². The van der Waals surface area contributed by atoms with Gasteiger partial charge in [-0.3, -0.25) is 9.59 Å². The third-order valence-corrected chi connectivity index (χ3v) is 5.96. The lowest BCUT2D eigenvalue weighted by Crippen LogP contribution is -2.35. The molecule has 0 saturated carbocycles. The van der Waals surface area contributed by atoms with Crippen LogP contribution in [0.5, 0.6) is 11.5 Å². The molecule has 2 heterocycles. The van der Waals surface area contributed by atoms with Crippen molar-refractivity contribution in [1.29, 1.82) is 0 Å². The fourth-order valence-electron chi connectivity index (χ4n) is 4.12. The van der Waals surface area contributed by atoms with E-state index in [1.54, 1.807) is 24.3 Å². The smallest absolute Gasteiger partial charge is 0.299 e. The molecular formula is C28H26N4O3. The second-order valence-corrected chi connectivity index (χ2v) is 8.41. The molecule has 7 nitrogen and oxygen atoms in total. The minimum atomic E-state index is -0.349. The molecule has 5 rings (SSSR count). The van der Waals surface area contributed by atoms with Crippen molar-refractivity contribution in [2.75, 3.05) is 18.4 Å². The van der Waals surface area contributed by atoms with Crippen molar-refractivity contribution in [3.63, 3.8) is 0 Å². The van der Waals surface area contributed by atoms with Gasteiger partial charge in [-0.25, -0.2) is 0 Å². The van der Waals surface area contributed by atoms with Gasteiger partial charge in [0, 0.05) is 24.3 Å². The molecule has 0 bridgehead atoms. The molecule has 1 aliphatic rings. The Hall–Kier alpha value is -4.39. The molecule has 1 amide bonds. The Balaban J connectivity index is 1.46. The highest BCUT2D eigenvalue weighted by molar-refractivity contribution is 5.94. The number of para-hydroxylation sites is 2. The largest absolute Gasteiger partial charge is 0.453 e. The van der Waals surface area contributed by atoms with Crippen LogP contribution in [0, 0.1) is 0 Å². The number of likely N-dealkylation sites (tertiary alicyclic amines) is 1. The van der Waals surface area contributed by atoms with Crippen LogP contribution in [0.2, 0.25) is 0 Å². The predicted molar refractivity (Wildman–Crippen MR) is 136 cm³/mol. The van der Waals surface area contributed by atoms with Crippen LogP contribution in [0.3, 0.4) is 0 Å². The number of nitrogens with zero attached hydrogens (tertiary/aromatic N) is 3. The van der Waals surface area contributed by atoms with Gasteiger partial charge in [-0.2, -0.15) is 9.78 Å². The van der Waals surface area contributed by atoms with Crippen molar-refractivity contribution in [2.45, 2.75) is 19.3 Å². The van der Waals surface area contributed by atoms with Crippen LogP contribution in [0.25, 0.3) is 5.69 Å². The molecule has 0 atom stereocenters. The van der Waals surface area contributed by atoms with Gasteiger partial charge in [0.05, 0.1) is 11.9 Å². The lowest BCUT2D eigenvalue weighted by molar-refractivity contribution is 0.0724. The zero-order valence-electron chi connectivity index (χ0n) is 19.3. The zero-order chi connectivity index (χ0) is 24.0. The van der Waals surface area contributed by atoms with E-state index < -0.39 is 0 Å². The molecule has 0 aliphatic carbocycles. The van der Waals surface area contributed by atoms with Crippen molar-refractivity contribution in [3.05, 3.63) is 107 Å². The summed E-state index contributed by atoms with van der Waals surface area (Å²) in [5.74, 6) is 0.943. The van der Waals surface area contributed by atoms with Crippen molar-refractivity contribution in [1.82, 2.24) is 14.7 Å². The summed E-state index contributed by atoms with van der Waals surface area (Å²) in [6, 6.07) is 25.6. The Morgan fingerprint density at radius 3 is 2.17 bits per heavy atom. The van der Waals surface area contributed by atoms with Crippen LogP contribution in [0.15, 0.2) is 95.9 Å². The molecule has 7 heteroatoms. The SMILES string of the molecule is O=C(c1ccc(Nc2c(Oc3ccccc3)cnn(-c3ccccc3)c2=O)cc1)N1CCCCC1. The van der Waals surface area contributed by atoms with Gasteiger partial charge < -0.3 is 15.0 Å². The summed E-state index contributed by atoms with van der Waals surface area (Å²) in [4.78, 5) is 28.2. The second kappa shape index (κ2) is 10.3. The Bertz CT molecular complexity index is 1350. The Morgan fingerprint density at radius 2 is 1.49 bits per heavy atom. The Labute approximate surface area is 203 Å². The number of amides is 1. The van der Waals surface area contributed by atoms with Crippen molar-refractivity contribution >= 4 is 17.3 Å². The highest BCUT2D eigenvalue weighted by Gasteiger charge is 2.19. The number of anilines is 2. The maximum atomic E-state index is 13.5. The number of piperidine rings is 1. The van der Waals surface area contributed by atoms with Gasteiger partial charge >= 0.3 is 0 Å². The predicted octanol–water partition coefficient (Wildman–Crippen LogP) is 5.39. The normalized spacial score (nSPS) is 13.3. The molecule has 0 spiro atoms. The number of nitrogens with one attached hydrogen (secondary N) is 1. The minimum absolute atomic E-state index is 0.0414. The number of ether oxygens (including phenoxy) is 1. The van der Waals surface area contributed by atoms with Crippen LogP contribution < -0.4 is 15.6 Å². The fraction of sp³-hybridized carbons (Fsp3) is 0.179. The van der Waals surface area contributed by atoms with Crippen molar-refractivity contribution in [3.8, 4) is 17.2 Å². The maximum Gasteiger partial charge on any atom is 0.299 e. The van der Waals surface area contributed by atoms with Crippen LogP contribution >= 0.6 is 0 Å². The molecule has 1 aromatic heterocycles. The quantitative estimate of drug-likeness (QED) is 0.412. The van der Waals surface area contributed by atoms with E-state index in [-0.39, 0.29) is 17.2 Å². The lowest BCUT2D eigenvalue weighted by Gasteiger charge is -2.26. The van der Waals surface area contributed by atoms with E-state index in [2.05, 4.69) is 10.4 Å². The highest BCUT2D eigenvalue weighted by Crippen LogP contribution is 2.29. The van der Waals surface area contributed by atoms with Crippen LogP contribution in [0.1, 0.15) is 29.6 Å². The summed E-state index contributed by atoms with van der Waals surface area (Å²) in [6.07, 6.45) is 4.79. The summed E-state index contributed by atoms with van der Waals surface area (Å²) >= 11 is 0. The first-order chi connectivity index (χ1) is 17.2. The Kier molecular flexibility index (Phi) is 6.57. The summed E-state index contributed by atoms with van der Waals surface area (Å²) < 4.78 is 7.32. The van der Waals surface area contributed by atoms with E-state index in [4.69, 9.17) is 4.74 Å². The first-order valence-corrected chi connectivity index (χ1v) is 11.8. The number of aromatic nitrogens is 2. The number of rotatable bonds is 6. The van der Waals surface area contributed by atoms with E-state index in [1.807, 2.05) is 65.6 Å². The zero-order valence-corrected chi connectivity index (χ0v) is 19.3. The number of carbonyl (C=O) groups is 1. The van der Waals surface area contributed by atoms with Crippen LogP contribution in [-0.2, 0) is 0 Å². The Morgan fingerprint density at radius 1 is 0.829 bits per heavy atom. The monoisotopic (exact) mass is 466 g/mol. The third-order valence-electron chi connectivity index (χ3n) is 5.96. The summed E-state index contributed by atoms with van der Waals surface area (Å²) in [5.41, 5.74) is 1.85. The molecular weight excluding hydrogens is 440 g/mol. The van der Waals surface area contributed by atoms with E-state index in [1.165, 1.54) is 17.3 Å². The molecule has 0 unspecified atom stereocenters. The van der Waals surface area contributed by atoms with Gasteiger partial charge in [0.15, 0.2) is 11.4 Å². The van der Waals surface area contributed by atoms with Gasteiger partial charge in [0.25, 0.3) is 11.5 Å². The van der Waals surface area contributed by atoms with Gasteiger partial charge in [0.1, 0.15) is 5.75 Å². The number of hydrogen-bond acceptors (Lipinski definition) is 5. The lowest BCUT2D eigenvalue weighted by atomic mass is 10.1. The number of benzene rings is 3. The molecule has 3 aromatic carbocycles. The number of hydrogen-bond donors (Lipinski definition) is 1. The molecule has 1 aliphatic heterocycles. The molecule has 0 radical (unpaired) electrons. The van der Waals surface area contributed by atoms with Gasteiger partial charge in [-0.15, -0.1) is 0 Å². The first kappa shape index (κ1) is 22.4. The van der Waals surface area contributed by atoms with Crippen LogP contribution in [-0.4, -0.2) is 33.7 Å². The minimum Gasteiger partial charge on any atom is -0.453 e. The van der Waals surface area contributed by atoms with Gasteiger partial charge in [0.2, 0.25) is 0 Å². The number of carbonyl (C=O) groups excluding carboxylic acids is 1. The van der Waals surface area contributed by atoms with Crippen molar-refractivity contribution < 1.29 is 9.53 Å². The standard InChI is InChI=1S/C28H26N4O3/c33-27(31-18-8-3-9-19-31)21-14-16-22(17-15-21)30-26-25(35-24-12-6-2-7-13-24)20-29-32(28(26)34)23-10-4-1-5-11-23/h1-2,4-7,10-17,20,30H,3,8-9,18-19H2. The molecule has 1 saturated heterocycles. The third kappa shape index (κ3) is 5.09. The fourth-order valence-corrected chi connectivity index (χ4v) is 4.12. The first-order valence-electron chi connectivity index (χ1n) is 11.8. The average Bonchev–Trinajstić information content (AvgIpc) is 2.92. The van der Waals surface area contributed by atoms with Crippen molar-refractivity contribution in [2.24, 2.45) is 0 Å². The summed E-state index contributed by atoms with van der Waals surface area (Å²) in [7, 11) is 0. The van der Waals surface area contributed by atoms with E-state index in [0.29, 0.717) is 28.4 Å². The molecule has 1 fully saturated rings. The molecule has 176 valence electrons. The molecule has 4 aromatic rings. The summed E-state index contributed by atoms with van der Waals surface area (Å²) in [5, 5.41) is 7.52. The maximum absolute atomic E-state index is 13.5. The topological polar surface area (TPSA) is 76.5 Å². The second-order valence-electron chi connectivity index (χ2n) is 8.41. The van der Waals surface area contributed by atoms with Gasteiger partial charge in [-0.05, 0) is 67.8 Å².